The van der Waals surface area contributed by atoms with Gasteiger partial charge in [0.25, 0.3) is 0 Å². The normalized spacial score (nSPS) is 10.8. The predicted molar refractivity (Wildman–Crippen MR) is 179 cm³/mol. The topological polar surface area (TPSA) is 32.3 Å². The largest absolute Gasteiger partial charge is 0.870 e. The Morgan fingerprint density at radius 1 is 0.429 bits per heavy atom. The quantitative estimate of drug-likeness (QED) is 0.173. The summed E-state index contributed by atoms with van der Waals surface area (Å²) in [5, 5.41) is 18.3. The van der Waals surface area contributed by atoms with E-state index in [4.69, 9.17) is 39.5 Å². The lowest BCUT2D eigenvalue weighted by Gasteiger charge is -2.27. The molecule has 0 unspecified atom stereocenters. The predicted octanol–water partition coefficient (Wildman–Crippen LogP) is 8.82. The molecule has 0 amide bonds. The Bertz CT molecular complexity index is 1520. The van der Waals surface area contributed by atoms with Crippen LogP contribution in [0.25, 0.3) is 0 Å². The fraction of sp³-hybridized carbons (Fsp3) is 0. The Labute approximate surface area is 262 Å². The molecule has 0 radical (unpaired) electrons. The lowest BCUT2D eigenvalue weighted by Crippen LogP contribution is -2.38. The van der Waals surface area contributed by atoms with Crippen LogP contribution < -0.4 is 31.1 Å². The molecule has 2 nitrogen and oxygen atoms in total. The molecule has 0 aliphatic rings. The summed E-state index contributed by atoms with van der Waals surface area (Å²) >= 11 is 17.4. The molecule has 0 saturated heterocycles. The molecule has 42 heavy (non-hydrogen) atoms. The van der Waals surface area contributed by atoms with Gasteiger partial charge in [-0.1, -0.05) is 113 Å². The monoisotopic (exact) mass is 626 g/mol. The van der Waals surface area contributed by atoms with Gasteiger partial charge in [-0.05, 0) is 84.9 Å². The molecule has 6 heteroatoms. The van der Waals surface area contributed by atoms with Crippen molar-refractivity contribution in [2.75, 3.05) is 0 Å². The molecule has 0 aromatic heterocycles. The first-order valence-corrected chi connectivity index (χ1v) is 16.1. The molecular formula is C36H26Cl3O2P. The van der Waals surface area contributed by atoms with Crippen molar-refractivity contribution in [2.45, 2.75) is 0 Å². The van der Waals surface area contributed by atoms with Crippen LogP contribution in [0.4, 0.5) is 0 Å². The van der Waals surface area contributed by atoms with Gasteiger partial charge in [-0.25, -0.2) is 0 Å². The Balaban J connectivity index is 0.000000181. The zero-order valence-electron chi connectivity index (χ0n) is 22.4. The third-order valence-electron chi connectivity index (χ3n) is 6.59. The average Bonchev–Trinajstić information content (AvgIpc) is 3.03. The summed E-state index contributed by atoms with van der Waals surface area (Å²) in [6.07, 6.45) is 0. The summed E-state index contributed by atoms with van der Waals surface area (Å²) in [6.45, 7) is 0. The molecule has 0 atom stereocenters. The van der Waals surface area contributed by atoms with E-state index < -0.39 is 7.26 Å². The molecule has 0 N–H and O–H groups in total. The number of ether oxygens (including phenoxy) is 1. The van der Waals surface area contributed by atoms with Gasteiger partial charge in [0.2, 0.25) is 0 Å². The minimum atomic E-state index is -1.91. The van der Waals surface area contributed by atoms with Gasteiger partial charge in [-0.15, -0.1) is 0 Å². The van der Waals surface area contributed by atoms with E-state index in [0.717, 1.165) is 0 Å². The molecule has 0 saturated carbocycles. The van der Waals surface area contributed by atoms with E-state index in [1.54, 1.807) is 24.3 Å². The number of halogens is 3. The van der Waals surface area contributed by atoms with E-state index in [-0.39, 0.29) is 11.5 Å². The van der Waals surface area contributed by atoms with Crippen molar-refractivity contribution in [3.05, 3.63) is 173 Å². The summed E-state index contributed by atoms with van der Waals surface area (Å²) in [7, 11) is -1.91. The summed E-state index contributed by atoms with van der Waals surface area (Å²) in [5.41, 5.74) is 0. The Hall–Kier alpha value is -3.78. The Morgan fingerprint density at radius 3 is 1.14 bits per heavy atom. The number of rotatable bonds is 6. The third kappa shape index (κ3) is 6.65. The first-order chi connectivity index (χ1) is 20.5. The molecule has 0 aliphatic heterocycles. The Morgan fingerprint density at radius 2 is 0.786 bits per heavy atom. The van der Waals surface area contributed by atoms with Crippen LogP contribution in [-0.2, 0) is 0 Å². The fourth-order valence-electron chi connectivity index (χ4n) is 4.74. The van der Waals surface area contributed by atoms with Gasteiger partial charge in [0.15, 0.2) is 0 Å². The highest BCUT2D eigenvalue weighted by Gasteiger charge is 2.47. The molecule has 0 fully saturated rings. The third-order valence-corrected chi connectivity index (χ3v) is 11.7. The first-order valence-electron chi connectivity index (χ1n) is 13.2. The van der Waals surface area contributed by atoms with Crippen LogP contribution in [0.1, 0.15) is 0 Å². The van der Waals surface area contributed by atoms with Gasteiger partial charge in [0.05, 0.1) is 5.02 Å². The van der Waals surface area contributed by atoms with Gasteiger partial charge < -0.3 is 9.84 Å². The van der Waals surface area contributed by atoms with Crippen molar-refractivity contribution >= 4 is 63.3 Å². The van der Waals surface area contributed by atoms with Gasteiger partial charge in [0.1, 0.15) is 40.0 Å². The van der Waals surface area contributed by atoms with Crippen LogP contribution >= 0.6 is 42.1 Å². The minimum absolute atomic E-state index is 0.165. The van der Waals surface area contributed by atoms with Gasteiger partial charge in [-0.2, -0.15) is 0 Å². The summed E-state index contributed by atoms with van der Waals surface area (Å²) in [4.78, 5) is 0. The highest BCUT2D eigenvalue weighted by Crippen LogP contribution is 2.54. The second kappa shape index (κ2) is 13.9. The van der Waals surface area contributed by atoms with Crippen LogP contribution in [0.5, 0.6) is 17.2 Å². The lowest BCUT2D eigenvalue weighted by molar-refractivity contribution is -0.269. The molecule has 0 heterocycles. The fourth-order valence-corrected chi connectivity index (χ4v) is 9.62. The summed E-state index contributed by atoms with van der Waals surface area (Å²) < 4.78 is 5.39. The first kappa shape index (κ1) is 29.7. The van der Waals surface area contributed by atoms with Crippen LogP contribution in [-0.4, -0.2) is 0 Å². The van der Waals surface area contributed by atoms with Crippen molar-refractivity contribution in [1.29, 1.82) is 0 Å². The zero-order valence-corrected chi connectivity index (χ0v) is 25.6. The Kier molecular flexibility index (Phi) is 9.85. The van der Waals surface area contributed by atoms with Crippen molar-refractivity contribution in [3.63, 3.8) is 0 Å². The molecule has 0 spiro atoms. The van der Waals surface area contributed by atoms with E-state index in [1.165, 1.54) is 33.4 Å². The molecular weight excluding hydrogens is 602 g/mol. The molecule has 0 bridgehead atoms. The highest BCUT2D eigenvalue weighted by atomic mass is 35.5. The second-order valence-electron chi connectivity index (χ2n) is 9.28. The van der Waals surface area contributed by atoms with Gasteiger partial charge in [-0.3, -0.25) is 0 Å². The highest BCUT2D eigenvalue weighted by molar-refractivity contribution is 8.01. The van der Waals surface area contributed by atoms with E-state index in [2.05, 4.69) is 121 Å². The maximum atomic E-state index is 11.5. The zero-order chi connectivity index (χ0) is 29.4. The smallest absolute Gasteiger partial charge is 0.146 e. The molecule has 6 aromatic rings. The second-order valence-corrected chi connectivity index (χ2v) is 14.0. The average molecular weight is 628 g/mol. The molecule has 6 rings (SSSR count). The maximum absolute atomic E-state index is 11.5. The van der Waals surface area contributed by atoms with Crippen LogP contribution in [0.3, 0.4) is 0 Å². The SMILES string of the molecule is [O-]c1cc(Cl)ccc1Oc1ccc(Cl)cc1Cl.c1ccc([P+](c2ccccc2)(c2ccccc2)c2ccccc2)cc1. The molecule has 0 aliphatic carbocycles. The minimum Gasteiger partial charge on any atom is -0.870 e. The van der Waals surface area contributed by atoms with Crippen LogP contribution in [0, 0.1) is 0 Å². The van der Waals surface area contributed by atoms with Crippen molar-refractivity contribution in [2.24, 2.45) is 0 Å². The van der Waals surface area contributed by atoms with Crippen molar-refractivity contribution in [3.8, 4) is 17.2 Å². The van der Waals surface area contributed by atoms with E-state index in [9.17, 15) is 5.11 Å². The van der Waals surface area contributed by atoms with Crippen LogP contribution in [0.2, 0.25) is 15.1 Å². The van der Waals surface area contributed by atoms with Crippen molar-refractivity contribution in [1.82, 2.24) is 0 Å². The number of hydrogen-bond acceptors (Lipinski definition) is 2. The maximum Gasteiger partial charge on any atom is 0.146 e. The van der Waals surface area contributed by atoms with E-state index in [1.807, 2.05) is 0 Å². The summed E-state index contributed by atoms with van der Waals surface area (Å²) in [6, 6.07) is 52.9. The van der Waals surface area contributed by atoms with Gasteiger partial charge >= 0.3 is 0 Å². The molecule has 208 valence electrons. The van der Waals surface area contributed by atoms with Crippen molar-refractivity contribution < 1.29 is 9.84 Å². The standard InChI is InChI=1S/C24H20P.C12H7Cl3O2/c1-5-13-21(14-6-1)25(22-15-7-2-8-16-22,23-17-9-3-10-18-23)24-19-11-4-12-20-24;13-7-1-3-11(9(15)5-7)17-12-4-2-8(14)6-10(12)16/h1-20H;1-6,16H/q+1;/p-1. The van der Waals surface area contributed by atoms with Crippen LogP contribution in [0.15, 0.2) is 158 Å². The van der Waals surface area contributed by atoms with Gasteiger partial charge in [0, 0.05) is 10.0 Å². The lowest BCUT2D eigenvalue weighted by atomic mass is 10.3. The van der Waals surface area contributed by atoms with E-state index >= 15 is 0 Å². The summed E-state index contributed by atoms with van der Waals surface area (Å²) in [5.74, 6) is 0.234. The number of benzene rings is 6. The van der Waals surface area contributed by atoms with E-state index in [0.29, 0.717) is 20.8 Å². The molecule has 6 aromatic carbocycles. The number of hydrogen-bond donors (Lipinski definition) is 0.